The van der Waals surface area contributed by atoms with E-state index in [0.717, 1.165) is 29.2 Å². The van der Waals surface area contributed by atoms with Crippen LogP contribution in [-0.2, 0) is 17.8 Å². The molecule has 0 fully saturated rings. The van der Waals surface area contributed by atoms with Crippen LogP contribution in [0.3, 0.4) is 0 Å². The summed E-state index contributed by atoms with van der Waals surface area (Å²) in [6.45, 7) is 14.2. The number of nitrogens with one attached hydrogen (secondary N) is 2. The molecule has 2 N–H and O–H groups in total. The molecule has 1 unspecified atom stereocenters. The Morgan fingerprint density at radius 2 is 1.78 bits per heavy atom. The number of amides is 1. The van der Waals surface area contributed by atoms with Gasteiger partial charge in [0.25, 0.3) is 0 Å². The minimum absolute atomic E-state index is 0.0470. The Labute approximate surface area is 163 Å². The standard InChI is InChI=1S/C22H34N4O/c1-15(2)14-26-18(6)20(17(5)25-26)12-22(27)23-13-21(16(3)4)24-19-10-8-7-9-11-19/h7-11,15-16,21,24H,12-14H2,1-6H3,(H,23,27). The third kappa shape index (κ3) is 6.12. The molecular weight excluding hydrogens is 336 g/mol. The molecule has 2 rings (SSSR count). The van der Waals surface area contributed by atoms with Gasteiger partial charge in [0.15, 0.2) is 0 Å². The van der Waals surface area contributed by atoms with Gasteiger partial charge >= 0.3 is 0 Å². The summed E-state index contributed by atoms with van der Waals surface area (Å²) in [4.78, 5) is 12.6. The van der Waals surface area contributed by atoms with Crippen molar-refractivity contribution in [3.8, 4) is 0 Å². The fourth-order valence-electron chi connectivity index (χ4n) is 3.16. The summed E-state index contributed by atoms with van der Waals surface area (Å²) in [5, 5.41) is 11.2. The lowest BCUT2D eigenvalue weighted by molar-refractivity contribution is -0.120. The molecule has 0 spiro atoms. The van der Waals surface area contributed by atoms with E-state index in [1.54, 1.807) is 0 Å². The fourth-order valence-corrected chi connectivity index (χ4v) is 3.16. The summed E-state index contributed by atoms with van der Waals surface area (Å²) in [5.74, 6) is 0.981. The average molecular weight is 371 g/mol. The smallest absolute Gasteiger partial charge is 0.224 e. The average Bonchev–Trinajstić information content (AvgIpc) is 2.86. The summed E-state index contributed by atoms with van der Waals surface area (Å²) >= 11 is 0. The second kappa shape index (κ2) is 9.58. The first-order valence-electron chi connectivity index (χ1n) is 9.89. The molecule has 0 saturated carbocycles. The van der Waals surface area contributed by atoms with Crippen LogP contribution in [0.5, 0.6) is 0 Å². The molecule has 0 saturated heterocycles. The van der Waals surface area contributed by atoms with Gasteiger partial charge in [0.05, 0.1) is 12.1 Å². The van der Waals surface area contributed by atoms with Gasteiger partial charge in [0.2, 0.25) is 5.91 Å². The van der Waals surface area contributed by atoms with Crippen molar-refractivity contribution in [2.45, 2.75) is 60.5 Å². The topological polar surface area (TPSA) is 59.0 Å². The molecule has 1 heterocycles. The number of para-hydroxylation sites is 1. The van der Waals surface area contributed by atoms with Crippen LogP contribution in [0, 0.1) is 25.7 Å². The molecule has 0 radical (unpaired) electrons. The summed E-state index contributed by atoms with van der Waals surface area (Å²) in [5.41, 5.74) is 4.17. The summed E-state index contributed by atoms with van der Waals surface area (Å²) in [7, 11) is 0. The van der Waals surface area contributed by atoms with Crippen LogP contribution in [0.15, 0.2) is 30.3 Å². The molecule has 0 aliphatic heterocycles. The molecule has 1 aromatic heterocycles. The second-order valence-corrected chi connectivity index (χ2v) is 8.07. The number of nitrogens with zero attached hydrogens (tertiary/aromatic N) is 2. The number of hydrogen-bond donors (Lipinski definition) is 2. The third-order valence-corrected chi connectivity index (χ3v) is 4.86. The van der Waals surface area contributed by atoms with Gasteiger partial charge in [-0.05, 0) is 37.8 Å². The maximum absolute atomic E-state index is 12.6. The molecule has 0 aliphatic rings. The van der Waals surface area contributed by atoms with Crippen molar-refractivity contribution in [1.82, 2.24) is 15.1 Å². The predicted octanol–water partition coefficient (Wildman–Crippen LogP) is 3.95. The quantitative estimate of drug-likeness (QED) is 0.703. The van der Waals surface area contributed by atoms with Crippen molar-refractivity contribution in [3.05, 3.63) is 47.3 Å². The fraction of sp³-hybridized carbons (Fsp3) is 0.545. The van der Waals surface area contributed by atoms with Crippen molar-refractivity contribution >= 4 is 11.6 Å². The molecule has 27 heavy (non-hydrogen) atoms. The summed E-state index contributed by atoms with van der Waals surface area (Å²) in [6.07, 6.45) is 0.381. The largest absolute Gasteiger partial charge is 0.380 e. The van der Waals surface area contributed by atoms with Crippen molar-refractivity contribution in [2.75, 3.05) is 11.9 Å². The van der Waals surface area contributed by atoms with E-state index < -0.39 is 0 Å². The van der Waals surface area contributed by atoms with Crippen LogP contribution < -0.4 is 10.6 Å². The highest BCUT2D eigenvalue weighted by atomic mass is 16.1. The lowest BCUT2D eigenvalue weighted by Crippen LogP contribution is -2.40. The SMILES string of the molecule is Cc1nn(CC(C)C)c(C)c1CC(=O)NCC(Nc1ccccc1)C(C)C. The zero-order valence-electron chi connectivity index (χ0n) is 17.5. The van der Waals surface area contributed by atoms with Crippen LogP contribution >= 0.6 is 0 Å². The lowest BCUT2D eigenvalue weighted by Gasteiger charge is -2.24. The summed E-state index contributed by atoms with van der Waals surface area (Å²) < 4.78 is 2.02. The first-order chi connectivity index (χ1) is 12.8. The Morgan fingerprint density at radius 1 is 1.11 bits per heavy atom. The van der Waals surface area contributed by atoms with Gasteiger partial charge in [0, 0.05) is 36.1 Å². The zero-order chi connectivity index (χ0) is 20.0. The van der Waals surface area contributed by atoms with E-state index in [1.807, 2.05) is 41.9 Å². The maximum Gasteiger partial charge on any atom is 0.224 e. The molecule has 5 nitrogen and oxygen atoms in total. The van der Waals surface area contributed by atoms with E-state index in [0.29, 0.717) is 24.8 Å². The highest BCUT2D eigenvalue weighted by Crippen LogP contribution is 2.16. The van der Waals surface area contributed by atoms with Crippen molar-refractivity contribution in [3.63, 3.8) is 0 Å². The van der Waals surface area contributed by atoms with Gasteiger partial charge in [-0.25, -0.2) is 0 Å². The Kier molecular flexibility index (Phi) is 7.45. The zero-order valence-corrected chi connectivity index (χ0v) is 17.5. The normalized spacial score (nSPS) is 12.4. The molecule has 0 aliphatic carbocycles. The van der Waals surface area contributed by atoms with Crippen molar-refractivity contribution < 1.29 is 4.79 Å². The number of carbonyl (C=O) groups is 1. The van der Waals surface area contributed by atoms with Gasteiger partial charge in [-0.3, -0.25) is 9.48 Å². The van der Waals surface area contributed by atoms with E-state index in [1.165, 1.54) is 0 Å². The maximum atomic E-state index is 12.6. The molecule has 0 bridgehead atoms. The minimum atomic E-state index is 0.0470. The van der Waals surface area contributed by atoms with E-state index >= 15 is 0 Å². The number of carbonyl (C=O) groups excluding carboxylic acids is 1. The molecule has 5 heteroatoms. The van der Waals surface area contributed by atoms with Gasteiger partial charge in [-0.2, -0.15) is 5.10 Å². The monoisotopic (exact) mass is 370 g/mol. The number of aromatic nitrogens is 2. The van der Waals surface area contributed by atoms with Gasteiger partial charge in [-0.15, -0.1) is 0 Å². The number of benzene rings is 1. The molecular formula is C22H34N4O. The first kappa shape index (κ1) is 21.0. The minimum Gasteiger partial charge on any atom is -0.380 e. The summed E-state index contributed by atoms with van der Waals surface area (Å²) in [6, 6.07) is 10.3. The van der Waals surface area contributed by atoms with Crippen LogP contribution in [0.25, 0.3) is 0 Å². The van der Waals surface area contributed by atoms with Crippen LogP contribution in [-0.4, -0.2) is 28.3 Å². The molecule has 148 valence electrons. The highest BCUT2D eigenvalue weighted by molar-refractivity contribution is 5.79. The first-order valence-corrected chi connectivity index (χ1v) is 9.89. The Bertz CT molecular complexity index is 734. The van der Waals surface area contributed by atoms with E-state index in [4.69, 9.17) is 0 Å². The number of rotatable bonds is 9. The van der Waals surface area contributed by atoms with Gasteiger partial charge in [0.1, 0.15) is 0 Å². The van der Waals surface area contributed by atoms with Crippen LogP contribution in [0.1, 0.15) is 44.6 Å². The molecule has 1 amide bonds. The number of anilines is 1. The number of aryl methyl sites for hydroxylation is 1. The van der Waals surface area contributed by atoms with Gasteiger partial charge in [-0.1, -0.05) is 45.9 Å². The van der Waals surface area contributed by atoms with E-state index in [-0.39, 0.29) is 11.9 Å². The molecule has 1 atom stereocenters. The van der Waals surface area contributed by atoms with Crippen LogP contribution in [0.4, 0.5) is 5.69 Å². The van der Waals surface area contributed by atoms with Gasteiger partial charge < -0.3 is 10.6 Å². The predicted molar refractivity (Wildman–Crippen MR) is 112 cm³/mol. The van der Waals surface area contributed by atoms with E-state index in [9.17, 15) is 4.79 Å². The molecule has 2 aromatic rings. The Morgan fingerprint density at radius 3 is 2.37 bits per heavy atom. The van der Waals surface area contributed by atoms with E-state index in [2.05, 4.69) is 50.4 Å². The second-order valence-electron chi connectivity index (χ2n) is 8.07. The van der Waals surface area contributed by atoms with Crippen molar-refractivity contribution in [2.24, 2.45) is 11.8 Å². The molecule has 1 aromatic carbocycles. The Hall–Kier alpha value is -2.30. The number of hydrogen-bond acceptors (Lipinski definition) is 3. The van der Waals surface area contributed by atoms with Crippen molar-refractivity contribution in [1.29, 1.82) is 0 Å². The van der Waals surface area contributed by atoms with Crippen LogP contribution in [0.2, 0.25) is 0 Å². The lowest BCUT2D eigenvalue weighted by atomic mass is 10.0. The Balaban J connectivity index is 1.95. The third-order valence-electron chi connectivity index (χ3n) is 4.86. The highest BCUT2D eigenvalue weighted by Gasteiger charge is 2.18.